The van der Waals surface area contributed by atoms with Crippen molar-refractivity contribution in [1.82, 2.24) is 10.2 Å². The number of amides is 2. The second kappa shape index (κ2) is 13.5. The quantitative estimate of drug-likeness (QED) is 0.415. The van der Waals surface area contributed by atoms with E-state index in [2.05, 4.69) is 5.32 Å². The summed E-state index contributed by atoms with van der Waals surface area (Å²) < 4.78 is 32.2. The Labute approximate surface area is 219 Å². The van der Waals surface area contributed by atoms with Crippen LogP contribution in [0.25, 0.3) is 0 Å². The lowest BCUT2D eigenvalue weighted by Crippen LogP contribution is -2.52. The highest BCUT2D eigenvalue weighted by atomic mass is 35.5. The molecule has 1 unspecified atom stereocenters. The number of rotatable bonds is 13. The number of halogens is 1. The van der Waals surface area contributed by atoms with Gasteiger partial charge in [0, 0.05) is 18.1 Å². The topological polar surface area (TPSA) is 96.0 Å². The van der Waals surface area contributed by atoms with Crippen molar-refractivity contribution in [2.75, 3.05) is 30.3 Å². The first kappa shape index (κ1) is 29.5. The molecule has 10 heteroatoms. The maximum Gasteiger partial charge on any atom is 0.244 e. The van der Waals surface area contributed by atoms with E-state index in [0.717, 1.165) is 16.1 Å². The number of carbonyl (C=O) groups excluding carboxylic acids is 2. The summed E-state index contributed by atoms with van der Waals surface area (Å²) >= 11 is 6.02. The molecular formula is C26H36ClN3O5S. The molecule has 2 aromatic rings. The van der Waals surface area contributed by atoms with Gasteiger partial charge in [-0.2, -0.15) is 0 Å². The summed E-state index contributed by atoms with van der Waals surface area (Å²) in [5.41, 5.74) is 1.03. The molecule has 8 nitrogen and oxygen atoms in total. The fourth-order valence-corrected chi connectivity index (χ4v) is 4.64. The zero-order valence-corrected chi connectivity index (χ0v) is 23.1. The monoisotopic (exact) mass is 537 g/mol. The Kier molecular flexibility index (Phi) is 11.0. The number of sulfonamides is 1. The summed E-state index contributed by atoms with van der Waals surface area (Å²) in [6.45, 7) is 8.02. The number of para-hydroxylation sites is 2. The van der Waals surface area contributed by atoms with Crippen molar-refractivity contribution in [2.24, 2.45) is 5.92 Å². The van der Waals surface area contributed by atoms with E-state index in [9.17, 15) is 18.0 Å². The Bertz CT molecular complexity index is 1120. The van der Waals surface area contributed by atoms with Gasteiger partial charge in [-0.15, -0.1) is 0 Å². The molecule has 0 aromatic heterocycles. The SMILES string of the molecule is CCOc1ccccc1N(CC(=O)N(Cc1ccc(Cl)cc1)C(CC)C(=O)NCC(C)C)S(C)(=O)=O. The largest absolute Gasteiger partial charge is 0.492 e. The van der Waals surface area contributed by atoms with E-state index in [1.165, 1.54) is 4.90 Å². The molecule has 1 N–H and O–H groups in total. The fraction of sp³-hybridized carbons (Fsp3) is 0.462. The van der Waals surface area contributed by atoms with E-state index >= 15 is 0 Å². The number of nitrogens with zero attached hydrogens (tertiary/aromatic N) is 2. The van der Waals surface area contributed by atoms with Gasteiger partial charge in [0.25, 0.3) is 0 Å². The van der Waals surface area contributed by atoms with Gasteiger partial charge in [0.1, 0.15) is 18.3 Å². The van der Waals surface area contributed by atoms with Crippen LogP contribution in [0.1, 0.15) is 39.7 Å². The molecule has 0 aliphatic heterocycles. The van der Waals surface area contributed by atoms with Crippen LogP contribution in [0.3, 0.4) is 0 Å². The van der Waals surface area contributed by atoms with Gasteiger partial charge in [0.2, 0.25) is 21.8 Å². The molecule has 0 aliphatic rings. The van der Waals surface area contributed by atoms with Crippen LogP contribution in [0, 0.1) is 5.92 Å². The Morgan fingerprint density at radius 1 is 1.06 bits per heavy atom. The van der Waals surface area contributed by atoms with E-state index in [-0.39, 0.29) is 24.1 Å². The van der Waals surface area contributed by atoms with Crippen molar-refractivity contribution < 1.29 is 22.7 Å². The molecule has 36 heavy (non-hydrogen) atoms. The van der Waals surface area contributed by atoms with Gasteiger partial charge in [-0.1, -0.05) is 56.6 Å². The first-order chi connectivity index (χ1) is 17.0. The molecule has 0 fully saturated rings. The summed E-state index contributed by atoms with van der Waals surface area (Å²) in [6.07, 6.45) is 1.40. The number of hydrogen-bond acceptors (Lipinski definition) is 5. The van der Waals surface area contributed by atoms with E-state index in [0.29, 0.717) is 30.3 Å². The van der Waals surface area contributed by atoms with E-state index in [1.54, 1.807) is 55.5 Å². The smallest absolute Gasteiger partial charge is 0.244 e. The van der Waals surface area contributed by atoms with Crippen LogP contribution in [0.2, 0.25) is 5.02 Å². The minimum Gasteiger partial charge on any atom is -0.492 e. The second-order valence-electron chi connectivity index (χ2n) is 8.88. The maximum absolute atomic E-state index is 13.7. The molecular weight excluding hydrogens is 502 g/mol. The summed E-state index contributed by atoms with van der Waals surface area (Å²) in [4.78, 5) is 28.2. The average molecular weight is 538 g/mol. The minimum atomic E-state index is -3.85. The van der Waals surface area contributed by atoms with Crippen LogP contribution in [0.5, 0.6) is 5.75 Å². The third-order valence-electron chi connectivity index (χ3n) is 5.45. The van der Waals surface area contributed by atoms with Crippen molar-refractivity contribution >= 4 is 39.1 Å². The zero-order valence-electron chi connectivity index (χ0n) is 21.5. The molecule has 0 radical (unpaired) electrons. The van der Waals surface area contributed by atoms with Crippen molar-refractivity contribution in [3.8, 4) is 5.75 Å². The summed E-state index contributed by atoms with van der Waals surface area (Å²) in [5.74, 6) is -0.200. The first-order valence-corrected chi connectivity index (χ1v) is 14.2. The normalized spacial score (nSPS) is 12.2. The highest BCUT2D eigenvalue weighted by Crippen LogP contribution is 2.30. The number of anilines is 1. The Morgan fingerprint density at radius 3 is 2.25 bits per heavy atom. The van der Waals surface area contributed by atoms with Crippen molar-refractivity contribution in [3.63, 3.8) is 0 Å². The van der Waals surface area contributed by atoms with Crippen LogP contribution in [-0.4, -0.2) is 57.1 Å². The molecule has 0 saturated heterocycles. The van der Waals surface area contributed by atoms with Gasteiger partial charge < -0.3 is 15.0 Å². The zero-order chi connectivity index (χ0) is 26.9. The molecule has 0 saturated carbocycles. The molecule has 0 heterocycles. The van der Waals surface area contributed by atoms with Crippen LogP contribution in [0.4, 0.5) is 5.69 Å². The van der Waals surface area contributed by atoms with Crippen LogP contribution in [0.15, 0.2) is 48.5 Å². The second-order valence-corrected chi connectivity index (χ2v) is 11.2. The molecule has 0 spiro atoms. The van der Waals surface area contributed by atoms with Gasteiger partial charge in [-0.3, -0.25) is 13.9 Å². The molecule has 198 valence electrons. The van der Waals surface area contributed by atoms with E-state index in [4.69, 9.17) is 16.3 Å². The van der Waals surface area contributed by atoms with Crippen molar-refractivity contribution in [3.05, 3.63) is 59.1 Å². The average Bonchev–Trinajstić information content (AvgIpc) is 2.82. The van der Waals surface area contributed by atoms with Gasteiger partial charge in [-0.05, 0) is 49.1 Å². The number of benzene rings is 2. The number of nitrogens with one attached hydrogen (secondary N) is 1. The number of hydrogen-bond donors (Lipinski definition) is 1. The molecule has 1 atom stereocenters. The lowest BCUT2D eigenvalue weighted by atomic mass is 10.1. The van der Waals surface area contributed by atoms with E-state index in [1.807, 2.05) is 20.8 Å². The molecule has 0 bridgehead atoms. The predicted molar refractivity (Wildman–Crippen MR) is 144 cm³/mol. The summed E-state index contributed by atoms with van der Waals surface area (Å²) in [6, 6.07) is 12.9. The van der Waals surface area contributed by atoms with Crippen molar-refractivity contribution in [2.45, 2.75) is 46.7 Å². The Hall–Kier alpha value is -2.78. The highest BCUT2D eigenvalue weighted by molar-refractivity contribution is 7.92. The predicted octanol–water partition coefficient (Wildman–Crippen LogP) is 4.08. The molecule has 2 amide bonds. The van der Waals surface area contributed by atoms with Gasteiger partial charge in [0.05, 0.1) is 18.6 Å². The lowest BCUT2D eigenvalue weighted by Gasteiger charge is -2.33. The third kappa shape index (κ3) is 8.41. The molecule has 2 rings (SSSR count). The van der Waals surface area contributed by atoms with Crippen LogP contribution >= 0.6 is 11.6 Å². The summed E-state index contributed by atoms with van der Waals surface area (Å²) in [5, 5.41) is 3.45. The standard InChI is InChI=1S/C26H36ClN3O5S/c1-6-22(26(32)28-16-19(3)4)29(17-20-12-14-21(27)15-13-20)25(31)18-30(36(5,33)34)23-10-8-9-11-24(23)35-7-2/h8-15,19,22H,6-7,16-18H2,1-5H3,(H,28,32). The van der Waals surface area contributed by atoms with Gasteiger partial charge in [-0.25, -0.2) is 8.42 Å². The fourth-order valence-electron chi connectivity index (χ4n) is 3.66. The van der Waals surface area contributed by atoms with Crippen LogP contribution in [-0.2, 0) is 26.2 Å². The number of carbonyl (C=O) groups is 2. The highest BCUT2D eigenvalue weighted by Gasteiger charge is 2.32. The van der Waals surface area contributed by atoms with Crippen molar-refractivity contribution in [1.29, 1.82) is 0 Å². The van der Waals surface area contributed by atoms with Gasteiger partial charge in [0.15, 0.2) is 0 Å². The number of ether oxygens (including phenoxy) is 1. The lowest BCUT2D eigenvalue weighted by molar-refractivity contribution is -0.140. The Balaban J connectivity index is 2.45. The molecule has 0 aliphatic carbocycles. The maximum atomic E-state index is 13.7. The molecule has 2 aromatic carbocycles. The Morgan fingerprint density at radius 2 is 1.69 bits per heavy atom. The van der Waals surface area contributed by atoms with Gasteiger partial charge >= 0.3 is 0 Å². The first-order valence-electron chi connectivity index (χ1n) is 12.0. The summed E-state index contributed by atoms with van der Waals surface area (Å²) in [7, 11) is -3.85. The minimum absolute atomic E-state index is 0.119. The van der Waals surface area contributed by atoms with Crippen LogP contribution < -0.4 is 14.4 Å². The third-order valence-corrected chi connectivity index (χ3v) is 6.83. The van der Waals surface area contributed by atoms with E-state index < -0.39 is 28.5 Å².